The summed E-state index contributed by atoms with van der Waals surface area (Å²) in [7, 11) is 0. The van der Waals surface area contributed by atoms with Crippen molar-refractivity contribution in [3.8, 4) is 0 Å². The van der Waals surface area contributed by atoms with E-state index in [9.17, 15) is 14.4 Å². The lowest BCUT2D eigenvalue weighted by Crippen LogP contribution is -2.24. The molecule has 0 saturated heterocycles. The molecule has 6 nitrogen and oxygen atoms in total. The van der Waals surface area contributed by atoms with Gasteiger partial charge < -0.3 is 14.2 Å². The van der Waals surface area contributed by atoms with Crippen molar-refractivity contribution in [2.24, 2.45) is 5.41 Å². The molecule has 0 aliphatic heterocycles. The number of esters is 3. The summed E-state index contributed by atoms with van der Waals surface area (Å²) in [6.07, 6.45) is 7.95. The standard InChI is InChI=1S/C35H42O6/c1-2-3-22-35(23-13-26-39-32(36)29-16-7-4-8-17-29,24-14-27-40-33(37)30-18-9-5-10-19-30)25-15-28-41-34(38)31-20-11-6-12-21-31/h4-12,16-21H,2-3,13-15,22-28H2,1H3. The molecule has 3 rings (SSSR count). The highest BCUT2D eigenvalue weighted by Crippen LogP contribution is 2.40. The maximum atomic E-state index is 12.4. The fourth-order valence-corrected chi connectivity index (χ4v) is 5.11. The van der Waals surface area contributed by atoms with E-state index in [2.05, 4.69) is 6.92 Å². The summed E-state index contributed by atoms with van der Waals surface area (Å²) in [5.74, 6) is -0.943. The Hall–Kier alpha value is -3.93. The summed E-state index contributed by atoms with van der Waals surface area (Å²) in [5.41, 5.74) is 1.61. The Kier molecular flexibility index (Phi) is 13.6. The normalized spacial score (nSPS) is 11.0. The van der Waals surface area contributed by atoms with E-state index in [1.807, 2.05) is 54.6 Å². The zero-order valence-electron chi connectivity index (χ0n) is 24.1. The molecular weight excluding hydrogens is 516 g/mol. The number of hydrogen-bond acceptors (Lipinski definition) is 6. The first-order chi connectivity index (χ1) is 20.0. The highest BCUT2D eigenvalue weighted by atomic mass is 16.5. The lowest BCUT2D eigenvalue weighted by molar-refractivity contribution is 0.0424. The molecule has 0 saturated carbocycles. The maximum Gasteiger partial charge on any atom is 0.338 e. The van der Waals surface area contributed by atoms with Crippen molar-refractivity contribution in [1.29, 1.82) is 0 Å². The van der Waals surface area contributed by atoms with Crippen LogP contribution < -0.4 is 0 Å². The van der Waals surface area contributed by atoms with Crippen LogP contribution in [0.2, 0.25) is 0 Å². The molecule has 0 aliphatic carbocycles. The van der Waals surface area contributed by atoms with Crippen LogP contribution >= 0.6 is 0 Å². The third kappa shape index (κ3) is 11.2. The van der Waals surface area contributed by atoms with Gasteiger partial charge in [-0.05, 0) is 86.8 Å². The van der Waals surface area contributed by atoms with E-state index in [0.29, 0.717) is 36.5 Å². The van der Waals surface area contributed by atoms with E-state index in [-0.39, 0.29) is 23.3 Å². The molecule has 0 amide bonds. The molecule has 0 heterocycles. The molecule has 0 aromatic heterocycles. The zero-order chi connectivity index (χ0) is 29.2. The van der Waals surface area contributed by atoms with Gasteiger partial charge in [-0.1, -0.05) is 74.4 Å². The number of carbonyl (C=O) groups excluding carboxylic acids is 3. The van der Waals surface area contributed by atoms with Crippen LogP contribution in [-0.2, 0) is 14.2 Å². The third-order valence-electron chi connectivity index (χ3n) is 7.34. The highest BCUT2D eigenvalue weighted by Gasteiger charge is 2.29. The van der Waals surface area contributed by atoms with Gasteiger partial charge in [-0.15, -0.1) is 0 Å². The minimum absolute atomic E-state index is 0.0343. The van der Waals surface area contributed by atoms with E-state index in [1.165, 1.54) is 0 Å². The van der Waals surface area contributed by atoms with Crippen LogP contribution in [0.1, 0.15) is 95.8 Å². The number of hydrogen-bond donors (Lipinski definition) is 0. The Morgan fingerprint density at radius 1 is 0.488 bits per heavy atom. The Morgan fingerprint density at radius 3 is 1.07 bits per heavy atom. The van der Waals surface area contributed by atoms with Gasteiger partial charge in [-0.3, -0.25) is 0 Å². The highest BCUT2D eigenvalue weighted by molar-refractivity contribution is 5.90. The minimum Gasteiger partial charge on any atom is -0.462 e. The third-order valence-corrected chi connectivity index (χ3v) is 7.34. The molecule has 0 radical (unpaired) electrons. The number of ether oxygens (including phenoxy) is 3. The van der Waals surface area contributed by atoms with Gasteiger partial charge >= 0.3 is 17.9 Å². The van der Waals surface area contributed by atoms with Gasteiger partial charge in [0.15, 0.2) is 0 Å². The van der Waals surface area contributed by atoms with Crippen LogP contribution in [0.4, 0.5) is 0 Å². The number of carbonyl (C=O) groups is 3. The summed E-state index contributed by atoms with van der Waals surface area (Å²) in [6, 6.07) is 27.0. The number of rotatable bonds is 18. The largest absolute Gasteiger partial charge is 0.462 e. The van der Waals surface area contributed by atoms with Crippen molar-refractivity contribution in [2.45, 2.75) is 64.7 Å². The smallest absolute Gasteiger partial charge is 0.338 e. The van der Waals surface area contributed by atoms with Gasteiger partial charge in [0.1, 0.15) is 0 Å². The molecule has 0 fully saturated rings. The Bertz CT molecular complexity index is 1030. The molecule has 0 bridgehead atoms. The lowest BCUT2D eigenvalue weighted by Gasteiger charge is -2.34. The second-order valence-corrected chi connectivity index (χ2v) is 10.4. The van der Waals surface area contributed by atoms with E-state index in [1.54, 1.807) is 36.4 Å². The average molecular weight is 559 g/mol. The summed E-state index contributed by atoms with van der Waals surface area (Å²) < 4.78 is 16.7. The summed E-state index contributed by atoms with van der Waals surface area (Å²) in [6.45, 7) is 3.20. The Morgan fingerprint density at radius 2 is 0.780 bits per heavy atom. The molecule has 0 aliphatic rings. The zero-order valence-corrected chi connectivity index (χ0v) is 24.1. The van der Waals surface area contributed by atoms with Crippen LogP contribution in [0, 0.1) is 5.41 Å². The molecular formula is C35H42O6. The van der Waals surface area contributed by atoms with Crippen LogP contribution in [0.25, 0.3) is 0 Å². The van der Waals surface area contributed by atoms with Gasteiger partial charge in [0.2, 0.25) is 0 Å². The molecule has 218 valence electrons. The minimum atomic E-state index is -0.314. The van der Waals surface area contributed by atoms with Gasteiger partial charge in [0.25, 0.3) is 0 Å². The second-order valence-electron chi connectivity index (χ2n) is 10.4. The van der Waals surface area contributed by atoms with E-state index < -0.39 is 0 Å². The van der Waals surface area contributed by atoms with E-state index in [4.69, 9.17) is 14.2 Å². The summed E-state index contributed by atoms with van der Waals surface area (Å²) >= 11 is 0. The van der Waals surface area contributed by atoms with Gasteiger partial charge in [0, 0.05) is 0 Å². The van der Waals surface area contributed by atoms with Crippen molar-refractivity contribution >= 4 is 17.9 Å². The fraction of sp³-hybridized carbons (Fsp3) is 0.400. The summed E-state index contributed by atoms with van der Waals surface area (Å²) in [4.78, 5) is 37.2. The van der Waals surface area contributed by atoms with Crippen LogP contribution in [0.3, 0.4) is 0 Å². The monoisotopic (exact) mass is 558 g/mol. The van der Waals surface area contributed by atoms with Crippen LogP contribution in [0.5, 0.6) is 0 Å². The molecule has 0 spiro atoms. The summed E-state index contributed by atoms with van der Waals surface area (Å²) in [5, 5.41) is 0. The molecule has 6 heteroatoms. The first-order valence-corrected chi connectivity index (χ1v) is 14.7. The lowest BCUT2D eigenvalue weighted by atomic mass is 9.72. The van der Waals surface area contributed by atoms with Crippen molar-refractivity contribution in [1.82, 2.24) is 0 Å². The number of benzene rings is 3. The predicted octanol–water partition coefficient (Wildman–Crippen LogP) is 8.07. The Balaban J connectivity index is 1.57. The first kappa shape index (κ1) is 31.6. The van der Waals surface area contributed by atoms with Crippen molar-refractivity contribution < 1.29 is 28.6 Å². The average Bonchev–Trinajstić information content (AvgIpc) is 3.03. The molecule has 0 atom stereocenters. The molecule has 0 N–H and O–H groups in total. The van der Waals surface area contributed by atoms with E-state index in [0.717, 1.165) is 57.8 Å². The van der Waals surface area contributed by atoms with Gasteiger partial charge in [0.05, 0.1) is 36.5 Å². The van der Waals surface area contributed by atoms with E-state index >= 15 is 0 Å². The van der Waals surface area contributed by atoms with Crippen molar-refractivity contribution in [3.63, 3.8) is 0 Å². The van der Waals surface area contributed by atoms with Crippen LogP contribution in [0.15, 0.2) is 91.0 Å². The van der Waals surface area contributed by atoms with Gasteiger partial charge in [-0.2, -0.15) is 0 Å². The number of unbranched alkanes of at least 4 members (excludes halogenated alkanes) is 1. The molecule has 3 aromatic carbocycles. The molecule has 0 unspecified atom stereocenters. The first-order valence-electron chi connectivity index (χ1n) is 14.7. The van der Waals surface area contributed by atoms with Crippen molar-refractivity contribution in [2.75, 3.05) is 19.8 Å². The SMILES string of the molecule is CCCCC(CCCOC(=O)c1ccccc1)(CCCOC(=O)c1ccccc1)CCCOC(=O)c1ccccc1. The second kappa shape index (κ2) is 17.7. The van der Waals surface area contributed by atoms with Crippen LogP contribution in [-0.4, -0.2) is 37.7 Å². The maximum absolute atomic E-state index is 12.4. The molecule has 41 heavy (non-hydrogen) atoms. The Labute approximate surface area is 244 Å². The topological polar surface area (TPSA) is 78.9 Å². The predicted molar refractivity (Wildman–Crippen MR) is 160 cm³/mol. The molecule has 3 aromatic rings. The van der Waals surface area contributed by atoms with Crippen molar-refractivity contribution in [3.05, 3.63) is 108 Å². The van der Waals surface area contributed by atoms with Gasteiger partial charge in [-0.25, -0.2) is 14.4 Å². The quantitative estimate of drug-likeness (QED) is 0.0892. The fourth-order valence-electron chi connectivity index (χ4n) is 5.11.